The van der Waals surface area contributed by atoms with Crippen molar-refractivity contribution in [1.82, 2.24) is 5.01 Å². The predicted octanol–water partition coefficient (Wildman–Crippen LogP) is -1.68. The number of nitrogens with zero attached hydrogens (tertiary/aromatic N) is 2. The first-order valence-corrected chi connectivity index (χ1v) is 3.06. The summed E-state index contributed by atoms with van der Waals surface area (Å²) >= 11 is 0. The number of guanidine groups is 1. The van der Waals surface area contributed by atoms with E-state index in [-0.39, 0.29) is 30.6 Å². The minimum atomic E-state index is -0.358. The standard InChI is InChI=1S/C5H8N4O2/c6-5(7)8-9-3(10)1-2-4(9)11/h1-2H2,(H4,6,7,8). The summed E-state index contributed by atoms with van der Waals surface area (Å²) in [6, 6.07) is 0. The molecule has 1 saturated heterocycles. The molecular weight excluding hydrogens is 148 g/mol. The Morgan fingerprint density at radius 2 is 1.73 bits per heavy atom. The fraction of sp³-hybridized carbons (Fsp3) is 0.400. The van der Waals surface area contributed by atoms with E-state index in [1.54, 1.807) is 0 Å². The van der Waals surface area contributed by atoms with Crippen molar-refractivity contribution in [3.63, 3.8) is 0 Å². The summed E-state index contributed by atoms with van der Waals surface area (Å²) in [6.45, 7) is 0. The monoisotopic (exact) mass is 156 g/mol. The molecule has 0 atom stereocenters. The number of hydrogen-bond donors (Lipinski definition) is 2. The van der Waals surface area contributed by atoms with Crippen LogP contribution in [0.15, 0.2) is 5.10 Å². The van der Waals surface area contributed by atoms with Gasteiger partial charge in [0.1, 0.15) is 0 Å². The highest BCUT2D eigenvalue weighted by Gasteiger charge is 2.28. The number of hydrogen-bond acceptors (Lipinski definition) is 3. The number of carbonyl (C=O) groups excluding carboxylic acids is 2. The fourth-order valence-corrected chi connectivity index (χ4v) is 0.792. The molecular formula is C5H8N4O2. The Hall–Kier alpha value is -1.59. The maximum absolute atomic E-state index is 10.8. The highest BCUT2D eigenvalue weighted by atomic mass is 16.2. The smallest absolute Gasteiger partial charge is 0.250 e. The van der Waals surface area contributed by atoms with Crippen molar-refractivity contribution in [3.8, 4) is 0 Å². The van der Waals surface area contributed by atoms with E-state index in [0.717, 1.165) is 0 Å². The van der Waals surface area contributed by atoms with E-state index < -0.39 is 0 Å². The van der Waals surface area contributed by atoms with Crippen LogP contribution in [0.25, 0.3) is 0 Å². The maximum atomic E-state index is 10.8. The van der Waals surface area contributed by atoms with Gasteiger partial charge in [-0.15, -0.1) is 5.10 Å². The second-order valence-electron chi connectivity index (χ2n) is 2.12. The van der Waals surface area contributed by atoms with Crippen LogP contribution in [0.3, 0.4) is 0 Å². The molecule has 0 saturated carbocycles. The molecule has 1 heterocycles. The molecule has 0 aromatic heterocycles. The lowest BCUT2D eigenvalue weighted by Gasteiger charge is -2.04. The summed E-state index contributed by atoms with van der Waals surface area (Å²) in [7, 11) is 0. The molecule has 0 bridgehead atoms. The third-order valence-electron chi connectivity index (χ3n) is 1.24. The second kappa shape index (κ2) is 2.57. The Morgan fingerprint density at radius 1 is 1.27 bits per heavy atom. The van der Waals surface area contributed by atoms with E-state index in [1.165, 1.54) is 0 Å². The molecule has 6 heteroatoms. The zero-order valence-electron chi connectivity index (χ0n) is 5.78. The van der Waals surface area contributed by atoms with Gasteiger partial charge in [-0.2, -0.15) is 5.01 Å². The number of carbonyl (C=O) groups is 2. The van der Waals surface area contributed by atoms with E-state index in [1.807, 2.05) is 0 Å². The molecule has 60 valence electrons. The first kappa shape index (κ1) is 7.52. The SMILES string of the molecule is NC(N)=NN1C(=O)CCC1=O. The molecule has 1 aliphatic heterocycles. The number of imide groups is 1. The molecule has 0 aliphatic carbocycles. The normalized spacial score (nSPS) is 17.3. The van der Waals surface area contributed by atoms with Crippen LogP contribution >= 0.6 is 0 Å². The molecule has 11 heavy (non-hydrogen) atoms. The van der Waals surface area contributed by atoms with Gasteiger partial charge in [0, 0.05) is 12.8 Å². The number of amides is 2. The van der Waals surface area contributed by atoms with Crippen LogP contribution in [0.5, 0.6) is 0 Å². The predicted molar refractivity (Wildman–Crippen MR) is 36.9 cm³/mol. The highest BCUT2D eigenvalue weighted by molar-refractivity contribution is 6.02. The van der Waals surface area contributed by atoms with Crippen LogP contribution < -0.4 is 11.5 Å². The van der Waals surface area contributed by atoms with Crippen LogP contribution in [-0.2, 0) is 9.59 Å². The van der Waals surface area contributed by atoms with Crippen LogP contribution in [0.1, 0.15) is 12.8 Å². The molecule has 0 spiro atoms. The maximum Gasteiger partial charge on any atom is 0.250 e. The molecule has 1 aliphatic rings. The number of rotatable bonds is 1. The van der Waals surface area contributed by atoms with Gasteiger partial charge in [-0.05, 0) is 0 Å². The van der Waals surface area contributed by atoms with Gasteiger partial charge in [-0.25, -0.2) is 0 Å². The first-order valence-electron chi connectivity index (χ1n) is 3.06. The highest BCUT2D eigenvalue weighted by Crippen LogP contribution is 2.10. The van der Waals surface area contributed by atoms with Crippen molar-refractivity contribution in [2.75, 3.05) is 0 Å². The summed E-state index contributed by atoms with van der Waals surface area (Å²) < 4.78 is 0. The Bertz CT molecular complexity index is 215. The molecule has 0 radical (unpaired) electrons. The van der Waals surface area contributed by atoms with Gasteiger partial charge in [0.2, 0.25) is 5.96 Å². The van der Waals surface area contributed by atoms with Crippen molar-refractivity contribution in [1.29, 1.82) is 0 Å². The molecule has 1 fully saturated rings. The van der Waals surface area contributed by atoms with Gasteiger partial charge < -0.3 is 11.5 Å². The number of nitrogens with two attached hydrogens (primary N) is 2. The Labute approximate surface area is 62.8 Å². The van der Waals surface area contributed by atoms with Gasteiger partial charge in [0.05, 0.1) is 0 Å². The van der Waals surface area contributed by atoms with Crippen molar-refractivity contribution >= 4 is 17.8 Å². The average molecular weight is 156 g/mol. The molecule has 4 N–H and O–H groups in total. The third-order valence-corrected chi connectivity index (χ3v) is 1.24. The topological polar surface area (TPSA) is 102 Å². The lowest BCUT2D eigenvalue weighted by molar-refractivity contribution is -0.138. The Morgan fingerprint density at radius 3 is 2.09 bits per heavy atom. The van der Waals surface area contributed by atoms with Gasteiger partial charge in [-0.1, -0.05) is 0 Å². The molecule has 2 amide bonds. The minimum absolute atomic E-state index is 0.190. The summed E-state index contributed by atoms with van der Waals surface area (Å²) in [5.74, 6) is -1.000. The Balaban J connectivity index is 2.77. The summed E-state index contributed by atoms with van der Waals surface area (Å²) in [6.07, 6.45) is 0.380. The van der Waals surface area contributed by atoms with Gasteiger partial charge in [0.15, 0.2) is 0 Å². The fourth-order valence-electron chi connectivity index (χ4n) is 0.792. The zero-order valence-corrected chi connectivity index (χ0v) is 5.78. The molecule has 1 rings (SSSR count). The van der Waals surface area contributed by atoms with Crippen LogP contribution in [0.4, 0.5) is 0 Å². The van der Waals surface area contributed by atoms with Gasteiger partial charge in [0.25, 0.3) is 11.8 Å². The van der Waals surface area contributed by atoms with Gasteiger partial charge >= 0.3 is 0 Å². The van der Waals surface area contributed by atoms with E-state index >= 15 is 0 Å². The van der Waals surface area contributed by atoms with Crippen molar-refractivity contribution < 1.29 is 9.59 Å². The van der Waals surface area contributed by atoms with Crippen LogP contribution in [-0.4, -0.2) is 22.8 Å². The number of hydrazone groups is 1. The Kier molecular flexibility index (Phi) is 1.75. The van der Waals surface area contributed by atoms with Gasteiger partial charge in [-0.3, -0.25) is 9.59 Å². The van der Waals surface area contributed by atoms with Crippen LogP contribution in [0.2, 0.25) is 0 Å². The van der Waals surface area contributed by atoms with E-state index in [9.17, 15) is 9.59 Å². The van der Waals surface area contributed by atoms with E-state index in [2.05, 4.69) is 5.10 Å². The van der Waals surface area contributed by atoms with E-state index in [0.29, 0.717) is 5.01 Å². The zero-order chi connectivity index (χ0) is 8.43. The molecule has 0 aromatic rings. The molecule has 0 unspecified atom stereocenters. The van der Waals surface area contributed by atoms with Crippen LogP contribution in [0, 0.1) is 0 Å². The van der Waals surface area contributed by atoms with Crippen molar-refractivity contribution in [2.45, 2.75) is 12.8 Å². The lowest BCUT2D eigenvalue weighted by Crippen LogP contribution is -2.31. The summed E-state index contributed by atoms with van der Waals surface area (Å²) in [4.78, 5) is 21.6. The molecule has 0 aromatic carbocycles. The first-order chi connectivity index (χ1) is 5.11. The largest absolute Gasteiger partial charge is 0.369 e. The van der Waals surface area contributed by atoms with Crippen molar-refractivity contribution in [3.05, 3.63) is 0 Å². The third kappa shape index (κ3) is 1.46. The lowest BCUT2D eigenvalue weighted by atomic mass is 10.4. The molecule has 6 nitrogen and oxygen atoms in total. The minimum Gasteiger partial charge on any atom is -0.369 e. The quantitative estimate of drug-likeness (QED) is 0.269. The summed E-state index contributed by atoms with van der Waals surface area (Å²) in [5, 5.41) is 4.05. The average Bonchev–Trinajstić information content (AvgIpc) is 2.18. The van der Waals surface area contributed by atoms with E-state index in [4.69, 9.17) is 11.5 Å². The second-order valence-corrected chi connectivity index (χ2v) is 2.12. The summed E-state index contributed by atoms with van der Waals surface area (Å²) in [5.41, 5.74) is 9.96. The van der Waals surface area contributed by atoms with Crippen molar-refractivity contribution in [2.24, 2.45) is 16.6 Å².